The van der Waals surface area contributed by atoms with Crippen molar-refractivity contribution in [2.75, 3.05) is 24.6 Å². The second kappa shape index (κ2) is 5.48. The summed E-state index contributed by atoms with van der Waals surface area (Å²) >= 11 is 0. The highest BCUT2D eigenvalue weighted by Gasteiger charge is 2.25. The fourth-order valence-electron chi connectivity index (χ4n) is 2.59. The molecule has 0 spiro atoms. The number of aliphatic hydroxyl groups excluding tert-OH is 1. The molecule has 1 aromatic carbocycles. The van der Waals surface area contributed by atoms with Crippen LogP contribution in [0.15, 0.2) is 18.2 Å². The van der Waals surface area contributed by atoms with E-state index in [4.69, 9.17) is 5.11 Å². The van der Waals surface area contributed by atoms with Crippen molar-refractivity contribution < 1.29 is 14.3 Å². The van der Waals surface area contributed by atoms with Gasteiger partial charge in [0.15, 0.2) is 5.78 Å². The normalized spacial score (nSPS) is 19.3. The molecule has 0 saturated carbocycles. The lowest BCUT2D eigenvalue weighted by atomic mass is 10.1. The lowest BCUT2D eigenvalue weighted by molar-refractivity contribution is 0.101. The van der Waals surface area contributed by atoms with E-state index in [9.17, 15) is 9.18 Å². The molecule has 0 aliphatic carbocycles. The van der Waals surface area contributed by atoms with Crippen LogP contribution in [-0.2, 0) is 0 Å². The third-order valence-corrected chi connectivity index (χ3v) is 3.51. The number of nitrogens with zero attached hydrogens (tertiary/aromatic N) is 1. The molecule has 0 radical (unpaired) electrons. The van der Waals surface area contributed by atoms with Gasteiger partial charge in [0.1, 0.15) is 5.82 Å². The zero-order valence-electron chi connectivity index (χ0n) is 10.5. The molecule has 18 heavy (non-hydrogen) atoms. The van der Waals surface area contributed by atoms with Crippen LogP contribution in [0.3, 0.4) is 0 Å². The first-order valence-corrected chi connectivity index (χ1v) is 6.28. The molecular weight excluding hydrogens is 233 g/mol. The average molecular weight is 251 g/mol. The quantitative estimate of drug-likeness (QED) is 0.834. The standard InChI is InChI=1S/C14H18FNO2/c1-10(18)14-12(15)3-2-4-13(14)16-7-5-11(9-16)6-8-17/h2-4,11,17H,5-9H2,1H3/t11-/m0/s1. The van der Waals surface area contributed by atoms with Gasteiger partial charge in [-0.25, -0.2) is 4.39 Å². The molecular formula is C14H18FNO2. The molecule has 1 atom stereocenters. The number of aliphatic hydroxyl groups is 1. The van der Waals surface area contributed by atoms with Gasteiger partial charge in [0, 0.05) is 19.7 Å². The SMILES string of the molecule is CC(=O)c1c(F)cccc1N1CC[C@@H](CCO)C1. The molecule has 0 unspecified atom stereocenters. The van der Waals surface area contributed by atoms with Gasteiger partial charge < -0.3 is 10.0 Å². The van der Waals surface area contributed by atoms with E-state index in [1.54, 1.807) is 12.1 Å². The van der Waals surface area contributed by atoms with Crippen LogP contribution in [0.2, 0.25) is 0 Å². The van der Waals surface area contributed by atoms with Crippen molar-refractivity contribution in [3.8, 4) is 0 Å². The predicted octanol–water partition coefficient (Wildman–Crippen LogP) is 2.24. The highest BCUT2D eigenvalue weighted by molar-refractivity contribution is 6.00. The number of carbonyl (C=O) groups excluding carboxylic acids is 1. The molecule has 0 bridgehead atoms. The van der Waals surface area contributed by atoms with Crippen LogP contribution in [0.4, 0.5) is 10.1 Å². The highest BCUT2D eigenvalue weighted by Crippen LogP contribution is 2.30. The Kier molecular flexibility index (Phi) is 3.97. The maximum absolute atomic E-state index is 13.7. The fourth-order valence-corrected chi connectivity index (χ4v) is 2.59. The Labute approximate surface area is 106 Å². The molecule has 1 heterocycles. The Morgan fingerprint density at radius 2 is 2.33 bits per heavy atom. The molecule has 2 rings (SSSR count). The van der Waals surface area contributed by atoms with Gasteiger partial charge >= 0.3 is 0 Å². The van der Waals surface area contributed by atoms with Crippen LogP contribution < -0.4 is 4.90 Å². The second-order valence-corrected chi connectivity index (χ2v) is 4.80. The lowest BCUT2D eigenvalue weighted by Gasteiger charge is -2.21. The van der Waals surface area contributed by atoms with E-state index in [0.717, 1.165) is 25.9 Å². The minimum absolute atomic E-state index is 0.182. The van der Waals surface area contributed by atoms with Crippen LogP contribution in [0.25, 0.3) is 0 Å². The first kappa shape index (κ1) is 13.0. The lowest BCUT2D eigenvalue weighted by Crippen LogP contribution is -2.22. The summed E-state index contributed by atoms with van der Waals surface area (Å²) in [7, 11) is 0. The molecule has 1 aliphatic rings. The Morgan fingerprint density at radius 3 is 3.00 bits per heavy atom. The van der Waals surface area contributed by atoms with Crippen LogP contribution in [0.5, 0.6) is 0 Å². The third-order valence-electron chi connectivity index (χ3n) is 3.51. The highest BCUT2D eigenvalue weighted by atomic mass is 19.1. The monoisotopic (exact) mass is 251 g/mol. The van der Waals surface area contributed by atoms with Crippen molar-refractivity contribution in [1.29, 1.82) is 0 Å². The summed E-state index contributed by atoms with van der Waals surface area (Å²) in [5, 5.41) is 8.94. The smallest absolute Gasteiger partial charge is 0.164 e. The summed E-state index contributed by atoms with van der Waals surface area (Å²) in [5.74, 6) is -0.266. The van der Waals surface area contributed by atoms with Crippen molar-refractivity contribution in [2.45, 2.75) is 19.8 Å². The topological polar surface area (TPSA) is 40.5 Å². The van der Waals surface area contributed by atoms with Crippen LogP contribution in [-0.4, -0.2) is 30.6 Å². The van der Waals surface area contributed by atoms with Crippen molar-refractivity contribution >= 4 is 11.5 Å². The van der Waals surface area contributed by atoms with Gasteiger partial charge in [-0.1, -0.05) is 6.07 Å². The van der Waals surface area contributed by atoms with Gasteiger partial charge in [-0.05, 0) is 37.8 Å². The van der Waals surface area contributed by atoms with Gasteiger partial charge in [0.2, 0.25) is 0 Å². The molecule has 0 amide bonds. The fraction of sp³-hybridized carbons (Fsp3) is 0.500. The molecule has 1 aromatic rings. The van der Waals surface area contributed by atoms with E-state index >= 15 is 0 Å². The van der Waals surface area contributed by atoms with Crippen LogP contribution >= 0.6 is 0 Å². The number of benzene rings is 1. The van der Waals surface area contributed by atoms with Crippen molar-refractivity contribution in [2.24, 2.45) is 5.92 Å². The van der Waals surface area contributed by atoms with Gasteiger partial charge in [0.05, 0.1) is 11.3 Å². The zero-order chi connectivity index (χ0) is 13.1. The molecule has 0 aromatic heterocycles. The maximum atomic E-state index is 13.7. The Bertz CT molecular complexity index is 447. The molecule has 4 heteroatoms. The largest absolute Gasteiger partial charge is 0.396 e. The van der Waals surface area contributed by atoms with E-state index in [1.165, 1.54) is 13.0 Å². The van der Waals surface area contributed by atoms with E-state index in [2.05, 4.69) is 0 Å². The first-order chi connectivity index (χ1) is 8.63. The Balaban J connectivity index is 2.24. The number of ketones is 1. The van der Waals surface area contributed by atoms with Crippen molar-refractivity contribution in [1.82, 2.24) is 0 Å². The average Bonchev–Trinajstić information content (AvgIpc) is 2.77. The molecule has 1 saturated heterocycles. The van der Waals surface area contributed by atoms with E-state index < -0.39 is 5.82 Å². The third kappa shape index (κ3) is 2.53. The summed E-state index contributed by atoms with van der Waals surface area (Å²) < 4.78 is 13.7. The van der Waals surface area contributed by atoms with Crippen molar-refractivity contribution in [3.05, 3.63) is 29.6 Å². The first-order valence-electron chi connectivity index (χ1n) is 6.28. The predicted molar refractivity (Wildman–Crippen MR) is 68.4 cm³/mol. The summed E-state index contributed by atoms with van der Waals surface area (Å²) in [4.78, 5) is 13.6. The van der Waals surface area contributed by atoms with Gasteiger partial charge in [0.25, 0.3) is 0 Å². The van der Waals surface area contributed by atoms with Gasteiger partial charge in [-0.2, -0.15) is 0 Å². The zero-order valence-corrected chi connectivity index (χ0v) is 10.5. The molecule has 1 fully saturated rings. The minimum atomic E-state index is -0.453. The molecule has 3 nitrogen and oxygen atoms in total. The van der Waals surface area contributed by atoms with E-state index in [-0.39, 0.29) is 18.0 Å². The number of carbonyl (C=O) groups is 1. The van der Waals surface area contributed by atoms with Gasteiger partial charge in [-0.15, -0.1) is 0 Å². The van der Waals surface area contributed by atoms with Crippen LogP contribution in [0, 0.1) is 11.7 Å². The number of Topliss-reactive ketones (excluding diaryl/α,β-unsaturated/α-hetero) is 1. The number of anilines is 1. The number of halogens is 1. The Hall–Kier alpha value is -1.42. The minimum Gasteiger partial charge on any atom is -0.396 e. The molecule has 98 valence electrons. The summed E-state index contributed by atoms with van der Waals surface area (Å²) in [6, 6.07) is 4.75. The van der Waals surface area contributed by atoms with E-state index in [1.807, 2.05) is 4.90 Å². The summed E-state index contributed by atoms with van der Waals surface area (Å²) in [6.45, 7) is 3.17. The summed E-state index contributed by atoms with van der Waals surface area (Å²) in [5.41, 5.74) is 0.866. The molecule has 1 N–H and O–H groups in total. The van der Waals surface area contributed by atoms with Crippen LogP contribution in [0.1, 0.15) is 30.1 Å². The van der Waals surface area contributed by atoms with Gasteiger partial charge in [-0.3, -0.25) is 4.79 Å². The van der Waals surface area contributed by atoms with E-state index in [0.29, 0.717) is 11.6 Å². The Morgan fingerprint density at radius 1 is 1.56 bits per heavy atom. The number of hydrogen-bond acceptors (Lipinski definition) is 3. The second-order valence-electron chi connectivity index (χ2n) is 4.80. The summed E-state index contributed by atoms with van der Waals surface area (Å²) in [6.07, 6.45) is 1.75. The van der Waals surface area contributed by atoms with Crippen molar-refractivity contribution in [3.63, 3.8) is 0 Å². The molecule has 1 aliphatic heterocycles. The number of rotatable bonds is 4. The maximum Gasteiger partial charge on any atom is 0.164 e. The number of hydrogen-bond donors (Lipinski definition) is 1.